The van der Waals surface area contributed by atoms with Gasteiger partial charge in [-0.2, -0.15) is 4.31 Å². The maximum Gasteiger partial charge on any atom is 0.262 e. The number of nitrogens with zero attached hydrogens (tertiary/aromatic N) is 3. The van der Waals surface area contributed by atoms with Crippen molar-refractivity contribution < 1.29 is 8.42 Å². The summed E-state index contributed by atoms with van der Waals surface area (Å²) in [5.74, 6) is 0. The van der Waals surface area contributed by atoms with Crippen LogP contribution < -0.4 is 5.32 Å². The van der Waals surface area contributed by atoms with Gasteiger partial charge in [0.1, 0.15) is 0 Å². The van der Waals surface area contributed by atoms with Crippen molar-refractivity contribution in [1.29, 1.82) is 0 Å². The van der Waals surface area contributed by atoms with Gasteiger partial charge in [-0.1, -0.05) is 0 Å². The maximum absolute atomic E-state index is 12.7. The second-order valence-electron chi connectivity index (χ2n) is 6.10. The van der Waals surface area contributed by atoms with Gasteiger partial charge in [-0.15, -0.1) is 0 Å². The Hall–Kier alpha value is -0.920. The topological polar surface area (TPSA) is 67.2 Å². The van der Waals surface area contributed by atoms with E-state index in [1.54, 1.807) is 22.1 Å². The lowest BCUT2D eigenvalue weighted by molar-refractivity contribution is 0.110. The summed E-state index contributed by atoms with van der Waals surface area (Å²) in [6.45, 7) is 3.22. The minimum atomic E-state index is -3.44. The Kier molecular flexibility index (Phi) is 3.60. The molecule has 1 N–H and O–H groups in total. The predicted molar refractivity (Wildman–Crippen MR) is 75.7 cm³/mol. The lowest BCUT2D eigenvalue weighted by atomic mass is 9.75. The van der Waals surface area contributed by atoms with Crippen molar-refractivity contribution in [3.8, 4) is 0 Å². The highest BCUT2D eigenvalue weighted by Crippen LogP contribution is 2.37. The van der Waals surface area contributed by atoms with E-state index in [2.05, 4.69) is 10.3 Å². The predicted octanol–water partition coefficient (Wildman–Crippen LogP) is 0.574. The fourth-order valence-corrected chi connectivity index (χ4v) is 4.96. The van der Waals surface area contributed by atoms with E-state index in [4.69, 9.17) is 0 Å². The van der Waals surface area contributed by atoms with Gasteiger partial charge in [0.2, 0.25) is 0 Å². The van der Waals surface area contributed by atoms with Crippen molar-refractivity contribution in [2.45, 2.75) is 30.7 Å². The van der Waals surface area contributed by atoms with Crippen LogP contribution in [0.5, 0.6) is 0 Å². The number of aromatic nitrogens is 2. The summed E-state index contributed by atoms with van der Waals surface area (Å²) < 4.78 is 28.6. The second-order valence-corrected chi connectivity index (χ2v) is 7.98. The first-order valence-electron chi connectivity index (χ1n) is 7.21. The quantitative estimate of drug-likeness (QED) is 0.867. The van der Waals surface area contributed by atoms with Gasteiger partial charge in [-0.05, 0) is 37.6 Å². The Morgan fingerprint density at radius 3 is 2.80 bits per heavy atom. The average Bonchev–Trinajstić information content (AvgIpc) is 2.87. The van der Waals surface area contributed by atoms with E-state index in [-0.39, 0.29) is 10.4 Å². The summed E-state index contributed by atoms with van der Waals surface area (Å²) in [6, 6.07) is 0. The minimum absolute atomic E-state index is 0.123. The first kappa shape index (κ1) is 14.0. The van der Waals surface area contributed by atoms with Crippen molar-refractivity contribution in [2.75, 3.05) is 26.2 Å². The highest BCUT2D eigenvalue weighted by molar-refractivity contribution is 7.89. The number of hydrogen-bond acceptors (Lipinski definition) is 4. The third-order valence-corrected chi connectivity index (χ3v) is 6.20. The van der Waals surface area contributed by atoms with Crippen LogP contribution in [0.25, 0.3) is 0 Å². The zero-order valence-corrected chi connectivity index (χ0v) is 12.7. The van der Waals surface area contributed by atoms with Crippen molar-refractivity contribution >= 4 is 10.0 Å². The molecule has 1 atom stereocenters. The zero-order valence-electron chi connectivity index (χ0n) is 11.9. The lowest BCUT2D eigenvalue weighted by Gasteiger charge is -2.44. The smallest absolute Gasteiger partial charge is 0.262 e. The van der Waals surface area contributed by atoms with E-state index >= 15 is 0 Å². The Balaban J connectivity index is 1.83. The molecule has 7 heteroatoms. The number of aryl methyl sites for hydroxylation is 1. The number of imidazole rings is 1. The minimum Gasteiger partial charge on any atom is -0.339 e. The van der Waals surface area contributed by atoms with Crippen molar-refractivity contribution in [2.24, 2.45) is 12.5 Å². The molecule has 1 aromatic rings. The summed E-state index contributed by atoms with van der Waals surface area (Å²) in [5, 5.41) is 3.59. The van der Waals surface area contributed by atoms with Gasteiger partial charge in [0.15, 0.2) is 5.03 Å². The molecule has 0 aliphatic carbocycles. The van der Waals surface area contributed by atoms with Gasteiger partial charge in [0.05, 0.1) is 6.33 Å². The molecule has 2 aliphatic rings. The molecule has 112 valence electrons. The Morgan fingerprint density at radius 1 is 1.35 bits per heavy atom. The van der Waals surface area contributed by atoms with Crippen LogP contribution >= 0.6 is 0 Å². The molecule has 1 spiro atoms. The van der Waals surface area contributed by atoms with Crippen LogP contribution in [-0.4, -0.2) is 48.5 Å². The molecule has 2 saturated heterocycles. The molecular weight excluding hydrogens is 276 g/mol. The van der Waals surface area contributed by atoms with Gasteiger partial charge in [-0.3, -0.25) is 0 Å². The fourth-order valence-electron chi connectivity index (χ4n) is 3.40. The monoisotopic (exact) mass is 298 g/mol. The number of hydrogen-bond donors (Lipinski definition) is 1. The van der Waals surface area contributed by atoms with Gasteiger partial charge in [0.25, 0.3) is 10.0 Å². The van der Waals surface area contributed by atoms with Gasteiger partial charge in [-0.25, -0.2) is 13.4 Å². The van der Waals surface area contributed by atoms with E-state index < -0.39 is 10.0 Å². The Bertz CT molecular complexity index is 569. The summed E-state index contributed by atoms with van der Waals surface area (Å²) in [7, 11) is -1.66. The van der Waals surface area contributed by atoms with E-state index in [9.17, 15) is 8.42 Å². The van der Waals surface area contributed by atoms with Crippen LogP contribution in [0.1, 0.15) is 25.7 Å². The normalized spacial score (nSPS) is 28.9. The number of rotatable bonds is 2. The van der Waals surface area contributed by atoms with Crippen LogP contribution in [0.4, 0.5) is 0 Å². The van der Waals surface area contributed by atoms with Gasteiger partial charge < -0.3 is 9.88 Å². The molecule has 2 fully saturated rings. The number of piperidine rings is 2. The fraction of sp³-hybridized carbons (Fsp3) is 0.769. The van der Waals surface area contributed by atoms with Crippen molar-refractivity contribution in [3.05, 3.63) is 12.5 Å². The van der Waals surface area contributed by atoms with Crippen LogP contribution in [0.2, 0.25) is 0 Å². The molecule has 1 aromatic heterocycles. The lowest BCUT2D eigenvalue weighted by Crippen LogP contribution is -2.52. The molecule has 0 aromatic carbocycles. The second kappa shape index (κ2) is 5.13. The first-order valence-corrected chi connectivity index (χ1v) is 8.65. The molecule has 3 heterocycles. The first-order chi connectivity index (χ1) is 9.52. The van der Waals surface area contributed by atoms with Crippen LogP contribution in [-0.2, 0) is 17.1 Å². The number of sulfonamides is 1. The Labute approximate surface area is 120 Å². The summed E-state index contributed by atoms with van der Waals surface area (Å²) in [6.07, 6.45) is 7.43. The van der Waals surface area contributed by atoms with Crippen LogP contribution in [0.3, 0.4) is 0 Å². The van der Waals surface area contributed by atoms with Crippen LogP contribution in [0.15, 0.2) is 17.6 Å². The molecule has 2 aliphatic heterocycles. The van der Waals surface area contributed by atoms with E-state index in [1.807, 2.05) is 0 Å². The molecule has 20 heavy (non-hydrogen) atoms. The molecule has 1 unspecified atom stereocenters. The molecule has 3 rings (SSSR count). The third kappa shape index (κ3) is 2.49. The van der Waals surface area contributed by atoms with Crippen molar-refractivity contribution in [1.82, 2.24) is 19.2 Å². The Morgan fingerprint density at radius 2 is 2.15 bits per heavy atom. The van der Waals surface area contributed by atoms with Crippen molar-refractivity contribution in [3.63, 3.8) is 0 Å². The average molecular weight is 298 g/mol. The molecule has 0 saturated carbocycles. The summed E-state index contributed by atoms with van der Waals surface area (Å²) in [5.41, 5.74) is 0.123. The number of nitrogens with one attached hydrogen (secondary N) is 1. The molecule has 0 radical (unpaired) electrons. The van der Waals surface area contributed by atoms with Gasteiger partial charge in [0, 0.05) is 32.9 Å². The van der Waals surface area contributed by atoms with E-state index in [1.165, 1.54) is 6.33 Å². The van der Waals surface area contributed by atoms with E-state index in [0.717, 1.165) is 38.8 Å². The summed E-state index contributed by atoms with van der Waals surface area (Å²) >= 11 is 0. The standard InChI is InChI=1S/C13H22N4O2S/c1-16-8-12(15-11-16)20(18,19)17-7-3-5-13(10-17)4-2-6-14-9-13/h8,11,14H,2-7,9-10H2,1H3. The molecule has 6 nitrogen and oxygen atoms in total. The maximum atomic E-state index is 12.7. The van der Waals surface area contributed by atoms with Gasteiger partial charge >= 0.3 is 0 Å². The highest BCUT2D eigenvalue weighted by Gasteiger charge is 2.41. The molecule has 0 amide bonds. The summed E-state index contributed by atoms with van der Waals surface area (Å²) in [4.78, 5) is 4.01. The SMILES string of the molecule is Cn1cnc(S(=O)(=O)N2CCCC3(CCCNC3)C2)c1. The molecule has 0 bridgehead atoms. The van der Waals surface area contributed by atoms with Crippen LogP contribution in [0, 0.1) is 5.41 Å². The van der Waals surface area contributed by atoms with E-state index in [0.29, 0.717) is 13.1 Å². The zero-order chi connectivity index (χ0) is 14.2. The highest BCUT2D eigenvalue weighted by atomic mass is 32.2. The molecular formula is C13H22N4O2S. The largest absolute Gasteiger partial charge is 0.339 e. The third-order valence-electron chi connectivity index (χ3n) is 4.47.